The van der Waals surface area contributed by atoms with E-state index in [0.29, 0.717) is 5.02 Å². The van der Waals surface area contributed by atoms with Crippen LogP contribution < -0.4 is 0 Å². The van der Waals surface area contributed by atoms with Gasteiger partial charge in [0.15, 0.2) is 11.6 Å². The first kappa shape index (κ1) is 17.0. The maximum Gasteiger partial charge on any atom is 0.154 e. The average molecular weight is 405 g/mol. The van der Waals surface area contributed by atoms with Gasteiger partial charge in [-0.1, -0.05) is 23.4 Å². The van der Waals surface area contributed by atoms with Crippen molar-refractivity contribution in [3.8, 4) is 0 Å². The molecule has 1 aromatic carbocycles. The molecule has 3 unspecified atom stereocenters. The second-order valence-corrected chi connectivity index (χ2v) is 10.3. The molecular weight excluding hydrogens is 388 g/mol. The van der Waals surface area contributed by atoms with Gasteiger partial charge in [-0.25, -0.2) is 0 Å². The summed E-state index contributed by atoms with van der Waals surface area (Å²) in [6.07, 6.45) is 1.76. The Bertz CT molecular complexity index is 876. The number of benzene rings is 1. The van der Waals surface area contributed by atoms with E-state index in [1.165, 1.54) is 0 Å². The van der Waals surface area contributed by atoms with Crippen molar-refractivity contribution in [1.82, 2.24) is 0 Å². The smallest absolute Gasteiger partial charge is 0.154 e. The van der Waals surface area contributed by atoms with Gasteiger partial charge < -0.3 is 4.74 Å². The average Bonchev–Trinajstić information content (AvgIpc) is 3.35. The zero-order valence-corrected chi connectivity index (χ0v) is 16.5. The Morgan fingerprint density at radius 3 is 2.31 bits per heavy atom. The molecule has 3 aliphatic rings. The van der Waals surface area contributed by atoms with Crippen LogP contribution >= 0.6 is 34.7 Å². The van der Waals surface area contributed by atoms with Gasteiger partial charge >= 0.3 is 0 Å². The summed E-state index contributed by atoms with van der Waals surface area (Å²) in [5.74, 6) is -0.851. The van der Waals surface area contributed by atoms with E-state index in [0.717, 1.165) is 32.4 Å². The Hall–Kier alpha value is -1.14. The standard InChI is InChI=1S/C20H17ClO3S2/c1-9-12(8-15(25-9)26-11-4-2-10(21)3-5-11)16-19(22)17-13-6-7-14(24-13)18(17)20(16)23/h2-5,8,13-14,16-18H,6-7H2,1H3/t13?,14?,16?,17-,18+. The fourth-order valence-corrected chi connectivity index (χ4v) is 7.08. The minimum absolute atomic E-state index is 0.0340. The van der Waals surface area contributed by atoms with Crippen molar-refractivity contribution in [3.05, 3.63) is 45.8 Å². The third-order valence-electron chi connectivity index (χ3n) is 5.78. The third-order valence-corrected chi connectivity index (χ3v) is 8.22. The zero-order chi connectivity index (χ0) is 18.0. The van der Waals surface area contributed by atoms with Crippen LogP contribution in [0.3, 0.4) is 0 Å². The maximum atomic E-state index is 13.0. The van der Waals surface area contributed by atoms with Crippen molar-refractivity contribution in [1.29, 1.82) is 0 Å². The summed E-state index contributed by atoms with van der Waals surface area (Å²) in [5, 5.41) is 0.711. The Morgan fingerprint density at radius 2 is 1.69 bits per heavy atom. The highest BCUT2D eigenvalue weighted by Crippen LogP contribution is 2.53. The molecule has 1 aromatic heterocycles. The molecule has 6 heteroatoms. The molecular formula is C20H17ClO3S2. The summed E-state index contributed by atoms with van der Waals surface area (Å²) >= 11 is 9.23. The molecule has 2 aromatic rings. The SMILES string of the molecule is Cc1sc(Sc2ccc(Cl)cc2)cc1C1C(=O)[C@@H]2C3CCC(O3)[C@@H]2C1=O. The highest BCUT2D eigenvalue weighted by atomic mass is 35.5. The largest absolute Gasteiger partial charge is 0.373 e. The molecule has 3 fully saturated rings. The second kappa shape index (κ2) is 6.20. The molecule has 0 N–H and O–H groups in total. The zero-order valence-electron chi connectivity index (χ0n) is 14.1. The van der Waals surface area contributed by atoms with Crippen LogP contribution in [0.25, 0.3) is 0 Å². The Morgan fingerprint density at radius 1 is 1.08 bits per heavy atom. The number of hydrogen-bond donors (Lipinski definition) is 0. The predicted octanol–water partition coefficient (Wildman–Crippen LogP) is 4.89. The van der Waals surface area contributed by atoms with E-state index in [1.54, 1.807) is 23.1 Å². The molecule has 2 saturated heterocycles. The molecule has 1 saturated carbocycles. The lowest BCUT2D eigenvalue weighted by atomic mass is 9.81. The molecule has 134 valence electrons. The Labute approximate surface area is 165 Å². The Balaban J connectivity index is 1.44. The minimum atomic E-state index is -0.590. The quantitative estimate of drug-likeness (QED) is 0.683. The van der Waals surface area contributed by atoms with E-state index < -0.39 is 5.92 Å². The van der Waals surface area contributed by atoms with Gasteiger partial charge in [0, 0.05) is 14.8 Å². The minimum Gasteiger partial charge on any atom is -0.373 e. The van der Waals surface area contributed by atoms with Crippen LogP contribution in [0.1, 0.15) is 29.2 Å². The van der Waals surface area contributed by atoms with Crippen LogP contribution in [0.5, 0.6) is 0 Å². The number of fused-ring (bicyclic) bond motifs is 5. The lowest BCUT2D eigenvalue weighted by Gasteiger charge is -2.16. The first-order chi connectivity index (χ1) is 12.5. The van der Waals surface area contributed by atoms with Crippen LogP contribution in [0, 0.1) is 18.8 Å². The van der Waals surface area contributed by atoms with Gasteiger partial charge in [-0.2, -0.15) is 0 Å². The number of Topliss-reactive ketones (excluding diaryl/α,β-unsaturated/α-hetero) is 2. The van der Waals surface area contributed by atoms with E-state index in [4.69, 9.17) is 16.3 Å². The Kier molecular flexibility index (Phi) is 4.05. The molecule has 3 nitrogen and oxygen atoms in total. The summed E-state index contributed by atoms with van der Waals surface area (Å²) in [6, 6.07) is 9.72. The van der Waals surface area contributed by atoms with Crippen LogP contribution in [0.4, 0.5) is 0 Å². The number of thiophene rings is 1. The maximum absolute atomic E-state index is 13.0. The van der Waals surface area contributed by atoms with Gasteiger partial charge in [-0.05, 0) is 55.7 Å². The van der Waals surface area contributed by atoms with E-state index >= 15 is 0 Å². The molecule has 0 radical (unpaired) electrons. The van der Waals surface area contributed by atoms with Crippen molar-refractivity contribution in [3.63, 3.8) is 0 Å². The van der Waals surface area contributed by atoms with Crippen molar-refractivity contribution in [2.24, 2.45) is 11.8 Å². The topological polar surface area (TPSA) is 43.4 Å². The highest BCUT2D eigenvalue weighted by molar-refractivity contribution is 8.01. The fourth-order valence-electron chi connectivity index (χ4n) is 4.66. The first-order valence-electron chi connectivity index (χ1n) is 8.79. The molecule has 2 bridgehead atoms. The van der Waals surface area contributed by atoms with E-state index in [-0.39, 0.29) is 35.6 Å². The number of aryl methyl sites for hydroxylation is 1. The van der Waals surface area contributed by atoms with Gasteiger partial charge in [0.05, 0.1) is 28.3 Å². The van der Waals surface area contributed by atoms with Crippen LogP contribution in [0.15, 0.2) is 39.4 Å². The number of halogens is 1. The number of ether oxygens (including phenoxy) is 1. The molecule has 1 aliphatic carbocycles. The van der Waals surface area contributed by atoms with E-state index in [2.05, 4.69) is 0 Å². The lowest BCUT2D eigenvalue weighted by molar-refractivity contribution is -0.127. The lowest BCUT2D eigenvalue weighted by Crippen LogP contribution is -2.29. The summed E-state index contributed by atoms with van der Waals surface area (Å²) < 4.78 is 6.93. The molecule has 5 rings (SSSR count). The fraction of sp³-hybridized carbons (Fsp3) is 0.400. The molecule has 0 spiro atoms. The van der Waals surface area contributed by atoms with Crippen LogP contribution in [-0.2, 0) is 14.3 Å². The number of hydrogen-bond acceptors (Lipinski definition) is 5. The summed E-state index contributed by atoms with van der Waals surface area (Å²) in [7, 11) is 0. The van der Waals surface area contributed by atoms with Crippen molar-refractivity contribution in [2.75, 3.05) is 0 Å². The van der Waals surface area contributed by atoms with E-state index in [1.807, 2.05) is 37.3 Å². The number of carbonyl (C=O) groups is 2. The normalized spacial score (nSPS) is 32.5. The van der Waals surface area contributed by atoms with Crippen LogP contribution in [0.2, 0.25) is 5.02 Å². The van der Waals surface area contributed by atoms with Gasteiger partial charge in [-0.3, -0.25) is 9.59 Å². The second-order valence-electron chi connectivity index (χ2n) is 7.21. The van der Waals surface area contributed by atoms with Crippen molar-refractivity contribution >= 4 is 46.3 Å². The molecule has 0 amide bonds. The summed E-state index contributed by atoms with van der Waals surface area (Å²) in [6.45, 7) is 2.01. The van der Waals surface area contributed by atoms with Crippen molar-refractivity contribution < 1.29 is 14.3 Å². The summed E-state index contributed by atoms with van der Waals surface area (Å²) in [5.41, 5.74) is 0.898. The van der Waals surface area contributed by atoms with E-state index in [9.17, 15) is 9.59 Å². The molecule has 26 heavy (non-hydrogen) atoms. The summed E-state index contributed by atoms with van der Waals surface area (Å²) in [4.78, 5) is 28.2. The van der Waals surface area contributed by atoms with Crippen molar-refractivity contribution in [2.45, 2.75) is 47.0 Å². The highest BCUT2D eigenvalue weighted by Gasteiger charge is 2.63. The molecule has 2 aliphatic heterocycles. The number of ketones is 2. The van der Waals surface area contributed by atoms with Gasteiger partial charge in [0.25, 0.3) is 0 Å². The molecule has 5 atom stereocenters. The number of rotatable bonds is 3. The van der Waals surface area contributed by atoms with Gasteiger partial charge in [0.1, 0.15) is 5.92 Å². The van der Waals surface area contributed by atoms with Crippen LogP contribution in [-0.4, -0.2) is 23.8 Å². The molecule has 3 heterocycles. The first-order valence-corrected chi connectivity index (χ1v) is 10.8. The monoisotopic (exact) mass is 404 g/mol. The van der Waals surface area contributed by atoms with Gasteiger partial charge in [0.2, 0.25) is 0 Å². The third kappa shape index (κ3) is 2.52. The van der Waals surface area contributed by atoms with Gasteiger partial charge in [-0.15, -0.1) is 11.3 Å². The predicted molar refractivity (Wildman–Crippen MR) is 102 cm³/mol. The number of carbonyl (C=O) groups excluding carboxylic acids is 2.